The SMILES string of the molecule is O=C1[C@@H]2[C@H](c3ccccc3Br)OC3(C(=O)c4ccccc4C3=O)[C@H]2C(=O)N1c1ccc(Cl)cc1. The fourth-order valence-electron chi connectivity index (χ4n) is 5.35. The van der Waals surface area contributed by atoms with Crippen LogP contribution >= 0.6 is 27.5 Å². The summed E-state index contributed by atoms with van der Waals surface area (Å²) in [5.41, 5.74) is -0.786. The second-order valence-electron chi connectivity index (χ2n) is 8.49. The number of fused-ring (bicyclic) bond motifs is 3. The number of anilines is 1. The largest absolute Gasteiger partial charge is 0.349 e. The number of carbonyl (C=O) groups excluding carboxylic acids is 4. The average Bonchev–Trinajstić information content (AvgIpc) is 3.40. The Labute approximate surface area is 207 Å². The highest BCUT2D eigenvalue weighted by molar-refractivity contribution is 9.10. The predicted molar refractivity (Wildman–Crippen MR) is 127 cm³/mol. The van der Waals surface area contributed by atoms with Crippen LogP contribution in [0.2, 0.25) is 5.02 Å². The Morgan fingerprint density at radius 3 is 2.00 bits per heavy atom. The topological polar surface area (TPSA) is 80.8 Å². The highest BCUT2D eigenvalue weighted by Crippen LogP contribution is 2.58. The summed E-state index contributed by atoms with van der Waals surface area (Å²) in [4.78, 5) is 56.1. The number of Topliss-reactive ketones (excluding diaryl/α,β-unsaturated/α-hetero) is 2. The lowest BCUT2D eigenvalue weighted by atomic mass is 9.77. The number of ether oxygens (including phenoxy) is 1. The molecule has 3 aromatic rings. The van der Waals surface area contributed by atoms with Gasteiger partial charge in [-0.2, -0.15) is 0 Å². The van der Waals surface area contributed by atoms with Gasteiger partial charge in [-0.25, -0.2) is 4.90 Å². The van der Waals surface area contributed by atoms with Crippen LogP contribution in [-0.2, 0) is 14.3 Å². The van der Waals surface area contributed by atoms with Crippen molar-refractivity contribution in [2.75, 3.05) is 4.90 Å². The zero-order valence-electron chi connectivity index (χ0n) is 17.4. The van der Waals surface area contributed by atoms with Crippen LogP contribution in [0.5, 0.6) is 0 Å². The van der Waals surface area contributed by atoms with Crippen molar-refractivity contribution in [1.82, 2.24) is 0 Å². The number of hydrogen-bond donors (Lipinski definition) is 0. The molecule has 168 valence electrons. The number of rotatable bonds is 2. The summed E-state index contributed by atoms with van der Waals surface area (Å²) in [6.45, 7) is 0. The minimum Gasteiger partial charge on any atom is -0.349 e. The summed E-state index contributed by atoms with van der Waals surface area (Å²) in [6.07, 6.45) is -0.975. The Morgan fingerprint density at radius 1 is 0.794 bits per heavy atom. The van der Waals surface area contributed by atoms with Gasteiger partial charge >= 0.3 is 0 Å². The first kappa shape index (κ1) is 21.4. The van der Waals surface area contributed by atoms with E-state index in [0.717, 1.165) is 4.90 Å². The zero-order chi connectivity index (χ0) is 23.8. The molecule has 0 N–H and O–H groups in total. The lowest BCUT2D eigenvalue weighted by Gasteiger charge is -2.27. The second kappa shape index (κ2) is 7.43. The molecule has 0 radical (unpaired) electrons. The van der Waals surface area contributed by atoms with Crippen molar-refractivity contribution in [3.63, 3.8) is 0 Å². The van der Waals surface area contributed by atoms with Gasteiger partial charge in [0.2, 0.25) is 29.0 Å². The van der Waals surface area contributed by atoms with Gasteiger partial charge in [0.25, 0.3) is 0 Å². The normalized spacial score (nSPS) is 24.8. The number of hydrogen-bond acceptors (Lipinski definition) is 5. The number of carbonyl (C=O) groups is 4. The fourth-order valence-corrected chi connectivity index (χ4v) is 5.99. The first-order valence-electron chi connectivity index (χ1n) is 10.6. The maximum atomic E-state index is 13.8. The van der Waals surface area contributed by atoms with E-state index in [1.807, 2.05) is 0 Å². The average molecular weight is 537 g/mol. The van der Waals surface area contributed by atoms with Crippen molar-refractivity contribution in [1.29, 1.82) is 0 Å². The van der Waals surface area contributed by atoms with Gasteiger partial charge in [-0.1, -0.05) is 70.0 Å². The van der Waals surface area contributed by atoms with E-state index in [2.05, 4.69) is 15.9 Å². The predicted octanol–water partition coefficient (Wildman–Crippen LogP) is 4.80. The minimum atomic E-state index is -2.10. The summed E-state index contributed by atoms with van der Waals surface area (Å²) in [7, 11) is 0. The van der Waals surface area contributed by atoms with Gasteiger partial charge < -0.3 is 4.74 Å². The summed E-state index contributed by atoms with van der Waals surface area (Å²) >= 11 is 9.48. The molecule has 8 heteroatoms. The molecule has 6 rings (SSSR count). The maximum absolute atomic E-state index is 13.8. The van der Waals surface area contributed by atoms with Crippen molar-refractivity contribution < 1.29 is 23.9 Å². The van der Waals surface area contributed by atoms with Crippen molar-refractivity contribution in [3.8, 4) is 0 Å². The van der Waals surface area contributed by atoms with Crippen molar-refractivity contribution in [2.24, 2.45) is 11.8 Å². The van der Waals surface area contributed by atoms with Crippen LogP contribution in [0, 0.1) is 11.8 Å². The molecule has 2 aliphatic heterocycles. The second-order valence-corrected chi connectivity index (χ2v) is 9.78. The van der Waals surface area contributed by atoms with Crippen molar-refractivity contribution >= 4 is 56.6 Å². The molecule has 3 aromatic carbocycles. The minimum absolute atomic E-state index is 0.198. The van der Waals surface area contributed by atoms with E-state index in [0.29, 0.717) is 20.7 Å². The van der Waals surface area contributed by atoms with Gasteiger partial charge in [0.15, 0.2) is 0 Å². The van der Waals surface area contributed by atoms with Crippen molar-refractivity contribution in [3.05, 3.63) is 99.0 Å². The van der Waals surface area contributed by atoms with E-state index in [1.54, 1.807) is 72.8 Å². The summed E-state index contributed by atoms with van der Waals surface area (Å²) in [5.74, 6) is -4.68. The number of halogens is 2. The number of nitrogens with zero attached hydrogens (tertiary/aromatic N) is 1. The molecule has 2 heterocycles. The molecule has 3 atom stereocenters. The number of imide groups is 1. The third-order valence-corrected chi connectivity index (χ3v) is 7.79. The zero-order valence-corrected chi connectivity index (χ0v) is 19.7. The van der Waals surface area contributed by atoms with Crippen molar-refractivity contribution in [2.45, 2.75) is 11.7 Å². The van der Waals surface area contributed by atoms with Gasteiger partial charge in [-0.15, -0.1) is 0 Å². The van der Waals surface area contributed by atoms with Crippen LogP contribution < -0.4 is 4.90 Å². The fraction of sp³-hybridized carbons (Fsp3) is 0.154. The Bertz CT molecular complexity index is 1380. The molecule has 34 heavy (non-hydrogen) atoms. The van der Waals surface area contributed by atoms with E-state index >= 15 is 0 Å². The lowest BCUT2D eigenvalue weighted by molar-refractivity contribution is -0.127. The van der Waals surface area contributed by atoms with Gasteiger partial charge in [0.05, 0.1) is 23.6 Å². The number of benzene rings is 3. The van der Waals surface area contributed by atoms with Crippen LogP contribution in [0.15, 0.2) is 77.3 Å². The first-order valence-corrected chi connectivity index (χ1v) is 11.8. The van der Waals surface area contributed by atoms with Gasteiger partial charge in [-0.05, 0) is 35.9 Å². The Morgan fingerprint density at radius 2 is 1.38 bits per heavy atom. The molecule has 6 nitrogen and oxygen atoms in total. The van der Waals surface area contributed by atoms with E-state index in [1.165, 1.54) is 0 Å². The Hall–Kier alpha value is -3.13. The first-order chi connectivity index (χ1) is 16.4. The highest BCUT2D eigenvalue weighted by atomic mass is 79.9. The highest BCUT2D eigenvalue weighted by Gasteiger charge is 2.74. The third kappa shape index (κ3) is 2.66. The summed E-state index contributed by atoms with van der Waals surface area (Å²) in [5, 5.41) is 0.450. The van der Waals surface area contributed by atoms with Crippen LogP contribution in [0.3, 0.4) is 0 Å². The summed E-state index contributed by atoms with van der Waals surface area (Å²) < 4.78 is 6.93. The maximum Gasteiger partial charge on any atom is 0.241 e. The van der Waals surface area contributed by atoms with Gasteiger partial charge in [0, 0.05) is 20.6 Å². The Kier molecular flexibility index (Phi) is 4.68. The molecular formula is C26H15BrClNO5. The quantitative estimate of drug-likeness (QED) is 0.347. The monoisotopic (exact) mass is 535 g/mol. The van der Waals surface area contributed by atoms with E-state index in [9.17, 15) is 19.2 Å². The molecule has 0 saturated carbocycles. The molecule has 2 amide bonds. The van der Waals surface area contributed by atoms with E-state index in [4.69, 9.17) is 16.3 Å². The number of amides is 2. The summed E-state index contributed by atoms with van der Waals surface area (Å²) in [6, 6.07) is 19.8. The molecule has 1 aliphatic carbocycles. The molecular weight excluding hydrogens is 522 g/mol. The van der Waals surface area contributed by atoms with Crippen LogP contribution in [-0.4, -0.2) is 29.0 Å². The smallest absolute Gasteiger partial charge is 0.241 e. The van der Waals surface area contributed by atoms with Crippen LogP contribution in [0.25, 0.3) is 0 Å². The number of ketones is 2. The van der Waals surface area contributed by atoms with Crippen LogP contribution in [0.4, 0.5) is 5.69 Å². The molecule has 2 fully saturated rings. The molecule has 0 aromatic heterocycles. The molecule has 3 aliphatic rings. The third-order valence-electron chi connectivity index (χ3n) is 6.82. The molecule has 1 spiro atoms. The standard InChI is InChI=1S/C26H15BrClNO5/c27-18-8-4-3-7-17(18)21-19-20(25(33)29(24(19)32)14-11-9-13(28)10-12-14)26(34-21)22(30)15-5-1-2-6-16(15)23(26)31/h1-12,19-21H/t19-,20+,21-/m0/s1. The molecule has 2 saturated heterocycles. The van der Waals surface area contributed by atoms with Gasteiger partial charge in [0.1, 0.15) is 0 Å². The molecule has 0 bridgehead atoms. The van der Waals surface area contributed by atoms with Crippen LogP contribution in [0.1, 0.15) is 32.4 Å². The lowest BCUT2D eigenvalue weighted by Crippen LogP contribution is -2.51. The Balaban J connectivity index is 1.56. The van der Waals surface area contributed by atoms with E-state index < -0.39 is 46.9 Å². The van der Waals surface area contributed by atoms with Gasteiger partial charge in [-0.3, -0.25) is 19.2 Å². The molecule has 0 unspecified atom stereocenters. The van der Waals surface area contributed by atoms with E-state index in [-0.39, 0.29) is 11.1 Å².